The lowest BCUT2D eigenvalue weighted by molar-refractivity contribution is -0.0800. The lowest BCUT2D eigenvalue weighted by Crippen LogP contribution is -2.01. The molecule has 0 unspecified atom stereocenters. The van der Waals surface area contributed by atoms with Crippen molar-refractivity contribution in [3.8, 4) is 11.5 Å². The SMILES string of the molecule is COc1cc(/C=C\C(F)(F)F)c(OC)cc1/C=C\C(F)(F)F. The van der Waals surface area contributed by atoms with Crippen molar-refractivity contribution in [2.75, 3.05) is 14.2 Å². The molecule has 1 rings (SSSR count). The molecule has 0 aromatic heterocycles. The maximum absolute atomic E-state index is 12.2. The number of hydrogen-bond acceptors (Lipinski definition) is 2. The summed E-state index contributed by atoms with van der Waals surface area (Å²) in [4.78, 5) is 0. The molecule has 0 bridgehead atoms. The number of rotatable bonds is 4. The van der Waals surface area contributed by atoms with Crippen LogP contribution >= 0.6 is 0 Å². The Morgan fingerprint density at radius 1 is 0.727 bits per heavy atom. The zero-order valence-corrected chi connectivity index (χ0v) is 11.5. The largest absolute Gasteiger partial charge is 0.496 e. The molecule has 0 aliphatic carbocycles. The van der Waals surface area contributed by atoms with Crippen LogP contribution in [-0.4, -0.2) is 26.6 Å². The van der Waals surface area contributed by atoms with Gasteiger partial charge in [-0.15, -0.1) is 0 Å². The molecule has 1 aromatic rings. The van der Waals surface area contributed by atoms with Crippen LogP contribution in [0.25, 0.3) is 12.2 Å². The Balaban J connectivity index is 3.29. The van der Waals surface area contributed by atoms with Crippen molar-refractivity contribution < 1.29 is 35.8 Å². The highest BCUT2D eigenvalue weighted by atomic mass is 19.4. The number of allylic oxidation sites excluding steroid dienone is 2. The Kier molecular flexibility index (Phi) is 5.51. The topological polar surface area (TPSA) is 18.5 Å². The zero-order valence-electron chi connectivity index (χ0n) is 11.5. The van der Waals surface area contributed by atoms with Crippen molar-refractivity contribution in [2.24, 2.45) is 0 Å². The first-order chi connectivity index (χ1) is 10.1. The van der Waals surface area contributed by atoms with Crippen LogP contribution in [0.2, 0.25) is 0 Å². The average Bonchev–Trinajstić information content (AvgIpc) is 2.40. The van der Waals surface area contributed by atoms with Gasteiger partial charge in [0.2, 0.25) is 0 Å². The number of hydrogen-bond donors (Lipinski definition) is 0. The van der Waals surface area contributed by atoms with Crippen molar-refractivity contribution in [1.82, 2.24) is 0 Å². The van der Waals surface area contributed by atoms with E-state index in [0.717, 1.165) is 24.3 Å². The summed E-state index contributed by atoms with van der Waals surface area (Å²) in [7, 11) is 2.40. The number of halogens is 6. The maximum Gasteiger partial charge on any atom is 0.409 e. The fourth-order valence-corrected chi connectivity index (χ4v) is 1.57. The lowest BCUT2D eigenvalue weighted by Gasteiger charge is -2.11. The van der Waals surface area contributed by atoms with Gasteiger partial charge in [0.1, 0.15) is 11.5 Å². The third-order valence-electron chi connectivity index (χ3n) is 2.49. The molecule has 0 aliphatic heterocycles. The van der Waals surface area contributed by atoms with Gasteiger partial charge < -0.3 is 9.47 Å². The first-order valence-corrected chi connectivity index (χ1v) is 5.83. The van der Waals surface area contributed by atoms with Gasteiger partial charge in [0.25, 0.3) is 0 Å². The van der Waals surface area contributed by atoms with E-state index in [1.54, 1.807) is 0 Å². The van der Waals surface area contributed by atoms with Crippen LogP contribution in [-0.2, 0) is 0 Å². The van der Waals surface area contributed by atoms with Crippen LogP contribution in [0.5, 0.6) is 11.5 Å². The summed E-state index contributed by atoms with van der Waals surface area (Å²) >= 11 is 0. The van der Waals surface area contributed by atoms with E-state index in [2.05, 4.69) is 0 Å². The van der Waals surface area contributed by atoms with Gasteiger partial charge in [0, 0.05) is 23.3 Å². The number of benzene rings is 1. The van der Waals surface area contributed by atoms with E-state index >= 15 is 0 Å². The molecule has 0 saturated heterocycles. The molecule has 0 atom stereocenters. The first kappa shape index (κ1) is 17.9. The molecule has 0 radical (unpaired) electrons. The standard InChI is InChI=1S/C14H12F6O2/c1-21-11-7-10(4-6-14(18,19)20)12(22-2)8-9(11)3-5-13(15,16)17/h3-8H,1-2H3/b5-3-,6-4-. The van der Waals surface area contributed by atoms with E-state index in [1.807, 2.05) is 0 Å². The molecule has 0 spiro atoms. The Morgan fingerprint density at radius 3 is 1.27 bits per heavy atom. The van der Waals surface area contributed by atoms with Crippen LogP contribution in [0.4, 0.5) is 26.3 Å². The van der Waals surface area contributed by atoms with Gasteiger partial charge in [0.05, 0.1) is 14.2 Å². The van der Waals surface area contributed by atoms with Crippen LogP contribution in [0.15, 0.2) is 24.3 Å². The fraction of sp³-hybridized carbons (Fsp3) is 0.286. The van der Waals surface area contributed by atoms with Gasteiger partial charge in [-0.1, -0.05) is 0 Å². The second-order valence-electron chi connectivity index (χ2n) is 4.09. The Morgan fingerprint density at radius 2 is 1.05 bits per heavy atom. The maximum atomic E-state index is 12.2. The second-order valence-corrected chi connectivity index (χ2v) is 4.09. The molecule has 8 heteroatoms. The summed E-state index contributed by atoms with van der Waals surface area (Å²) in [6.07, 6.45) is -7.55. The van der Waals surface area contributed by atoms with E-state index in [1.165, 1.54) is 14.2 Å². The number of methoxy groups -OCH3 is 2. The predicted octanol–water partition coefficient (Wildman–Crippen LogP) is 4.85. The monoisotopic (exact) mass is 326 g/mol. The van der Waals surface area contributed by atoms with Crippen molar-refractivity contribution >= 4 is 12.2 Å². The van der Waals surface area contributed by atoms with Gasteiger partial charge in [-0.3, -0.25) is 0 Å². The van der Waals surface area contributed by atoms with Crippen molar-refractivity contribution in [2.45, 2.75) is 12.4 Å². The van der Waals surface area contributed by atoms with Gasteiger partial charge in [0.15, 0.2) is 0 Å². The minimum atomic E-state index is -4.52. The molecule has 1 aromatic carbocycles. The Labute approximate surface area is 122 Å². The molecule has 0 heterocycles. The van der Waals surface area contributed by atoms with E-state index < -0.39 is 12.4 Å². The van der Waals surface area contributed by atoms with Crippen molar-refractivity contribution in [1.29, 1.82) is 0 Å². The molecule has 122 valence electrons. The van der Waals surface area contributed by atoms with Gasteiger partial charge in [-0.2, -0.15) is 26.3 Å². The summed E-state index contributed by atoms with van der Waals surface area (Å²) in [5.74, 6) is -0.0220. The average molecular weight is 326 g/mol. The Hall–Kier alpha value is -2.12. The van der Waals surface area contributed by atoms with Crippen molar-refractivity contribution in [3.63, 3.8) is 0 Å². The molecule has 22 heavy (non-hydrogen) atoms. The second kappa shape index (κ2) is 6.76. The Bertz CT molecular complexity index is 518. The minimum absolute atomic E-state index is 0.00444. The van der Waals surface area contributed by atoms with Crippen LogP contribution in [0.1, 0.15) is 11.1 Å². The van der Waals surface area contributed by atoms with Crippen LogP contribution in [0.3, 0.4) is 0 Å². The number of ether oxygens (including phenoxy) is 2. The zero-order chi connectivity index (χ0) is 17.0. The summed E-state index contributed by atoms with van der Waals surface area (Å²) in [5, 5.41) is 0. The molecule has 0 N–H and O–H groups in total. The van der Waals surface area contributed by atoms with E-state index in [4.69, 9.17) is 9.47 Å². The highest BCUT2D eigenvalue weighted by Crippen LogP contribution is 2.32. The van der Waals surface area contributed by atoms with Crippen LogP contribution in [0, 0.1) is 0 Å². The highest BCUT2D eigenvalue weighted by Gasteiger charge is 2.23. The number of alkyl halides is 6. The third-order valence-corrected chi connectivity index (χ3v) is 2.49. The fourth-order valence-electron chi connectivity index (χ4n) is 1.57. The summed E-state index contributed by atoms with van der Waals surface area (Å²) in [6, 6.07) is 2.33. The summed E-state index contributed by atoms with van der Waals surface area (Å²) in [6.45, 7) is 0. The summed E-state index contributed by atoms with van der Waals surface area (Å²) in [5.41, 5.74) is 0.0571. The van der Waals surface area contributed by atoms with Gasteiger partial charge in [-0.25, -0.2) is 0 Å². The molecular formula is C14H12F6O2. The molecule has 0 saturated carbocycles. The van der Waals surface area contributed by atoms with Crippen LogP contribution < -0.4 is 9.47 Å². The normalized spacial score (nSPS) is 13.1. The highest BCUT2D eigenvalue weighted by molar-refractivity contribution is 5.68. The van der Waals surface area contributed by atoms with Gasteiger partial charge >= 0.3 is 12.4 Å². The molecule has 0 fully saturated rings. The van der Waals surface area contributed by atoms with Gasteiger partial charge in [-0.05, 0) is 24.3 Å². The molecule has 2 nitrogen and oxygen atoms in total. The third kappa shape index (κ3) is 5.71. The van der Waals surface area contributed by atoms with E-state index in [0.29, 0.717) is 0 Å². The smallest absolute Gasteiger partial charge is 0.409 e. The minimum Gasteiger partial charge on any atom is -0.496 e. The lowest BCUT2D eigenvalue weighted by atomic mass is 10.1. The molecule has 0 aliphatic rings. The van der Waals surface area contributed by atoms with E-state index in [-0.39, 0.29) is 34.8 Å². The van der Waals surface area contributed by atoms with Crippen molar-refractivity contribution in [3.05, 3.63) is 35.4 Å². The predicted molar refractivity (Wildman–Crippen MR) is 69.7 cm³/mol. The molecule has 0 amide bonds. The molecular weight excluding hydrogens is 314 g/mol. The van der Waals surface area contributed by atoms with E-state index in [9.17, 15) is 26.3 Å². The quantitative estimate of drug-likeness (QED) is 0.736. The first-order valence-electron chi connectivity index (χ1n) is 5.83. The summed E-state index contributed by atoms with van der Waals surface area (Å²) < 4.78 is 83.0.